The minimum atomic E-state index is -0.827. The lowest BCUT2D eigenvalue weighted by atomic mass is 10.0. The summed E-state index contributed by atoms with van der Waals surface area (Å²) in [6.45, 7) is 2.68. The molecule has 0 unspecified atom stereocenters. The van der Waals surface area contributed by atoms with Gasteiger partial charge in [0.05, 0.1) is 5.01 Å². The number of nitrogens with zero attached hydrogens (tertiary/aromatic N) is 2. The van der Waals surface area contributed by atoms with E-state index in [0.717, 1.165) is 42.6 Å². The number of hydrogen-bond donors (Lipinski definition) is 2. The summed E-state index contributed by atoms with van der Waals surface area (Å²) in [7, 11) is 0. The number of rotatable bonds is 6. The number of aromatic nitrogens is 1. The van der Waals surface area contributed by atoms with Crippen molar-refractivity contribution < 1.29 is 13.6 Å². The van der Waals surface area contributed by atoms with Crippen molar-refractivity contribution in [1.29, 1.82) is 0 Å². The molecule has 1 aromatic heterocycles. The molecule has 1 aromatic carbocycles. The number of benzene rings is 1. The van der Waals surface area contributed by atoms with E-state index in [2.05, 4.69) is 15.2 Å². The van der Waals surface area contributed by atoms with E-state index in [4.69, 9.17) is 5.73 Å². The largest absolute Gasteiger partial charge is 0.348 e. The number of likely N-dealkylation sites (tertiary alicyclic amines) is 1. The first-order valence-electron chi connectivity index (χ1n) is 8.67. The summed E-state index contributed by atoms with van der Waals surface area (Å²) in [5, 5.41) is 5.67. The van der Waals surface area contributed by atoms with Gasteiger partial charge in [0.1, 0.15) is 5.69 Å². The summed E-state index contributed by atoms with van der Waals surface area (Å²) in [6.07, 6.45) is 2.31. The van der Waals surface area contributed by atoms with Crippen LogP contribution in [0.25, 0.3) is 0 Å². The van der Waals surface area contributed by atoms with Gasteiger partial charge in [0.15, 0.2) is 11.6 Å². The van der Waals surface area contributed by atoms with Gasteiger partial charge < -0.3 is 11.1 Å². The van der Waals surface area contributed by atoms with Gasteiger partial charge in [-0.1, -0.05) is 6.07 Å². The summed E-state index contributed by atoms with van der Waals surface area (Å²) < 4.78 is 26.3. The molecule has 3 rings (SSSR count). The van der Waals surface area contributed by atoms with Gasteiger partial charge >= 0.3 is 0 Å². The average molecular weight is 453 g/mol. The first-order chi connectivity index (χ1) is 12.5. The van der Waals surface area contributed by atoms with Gasteiger partial charge in [0, 0.05) is 37.5 Å². The fourth-order valence-corrected chi connectivity index (χ4v) is 3.84. The Kier molecular flexibility index (Phi) is 10.3. The summed E-state index contributed by atoms with van der Waals surface area (Å²) in [5.74, 6) is -1.79. The third-order valence-corrected chi connectivity index (χ3v) is 5.36. The Morgan fingerprint density at radius 2 is 1.96 bits per heavy atom. The predicted octanol–water partition coefficient (Wildman–Crippen LogP) is 3.16. The fraction of sp³-hybridized carbons (Fsp3) is 0.444. The van der Waals surface area contributed by atoms with Crippen LogP contribution in [-0.4, -0.2) is 41.5 Å². The number of amides is 1. The highest BCUT2D eigenvalue weighted by Crippen LogP contribution is 2.17. The number of hydrogen-bond acceptors (Lipinski definition) is 5. The summed E-state index contributed by atoms with van der Waals surface area (Å²) in [5.41, 5.74) is 6.70. The molecule has 28 heavy (non-hydrogen) atoms. The molecule has 3 N–H and O–H groups in total. The van der Waals surface area contributed by atoms with Crippen molar-refractivity contribution in [2.75, 3.05) is 19.6 Å². The molecule has 0 saturated carbocycles. The van der Waals surface area contributed by atoms with Crippen molar-refractivity contribution in [1.82, 2.24) is 15.2 Å². The molecule has 0 radical (unpaired) electrons. The second-order valence-corrected chi connectivity index (χ2v) is 7.38. The monoisotopic (exact) mass is 452 g/mol. The molecule has 5 nitrogen and oxygen atoms in total. The molecule has 0 aliphatic carbocycles. The molecule has 2 aromatic rings. The molecule has 1 fully saturated rings. The van der Waals surface area contributed by atoms with Crippen molar-refractivity contribution in [3.05, 3.63) is 51.5 Å². The first kappa shape index (κ1) is 24.7. The van der Waals surface area contributed by atoms with Crippen molar-refractivity contribution in [2.45, 2.75) is 31.8 Å². The number of piperidine rings is 1. The zero-order valence-corrected chi connectivity index (χ0v) is 17.6. The molecule has 156 valence electrons. The molecule has 0 bridgehead atoms. The molecule has 1 aliphatic heterocycles. The highest BCUT2D eigenvalue weighted by atomic mass is 35.5. The molecular weight excluding hydrogens is 429 g/mol. The molecule has 2 heterocycles. The van der Waals surface area contributed by atoms with E-state index >= 15 is 0 Å². The lowest BCUT2D eigenvalue weighted by molar-refractivity contribution is 0.0904. The average Bonchev–Trinajstić information content (AvgIpc) is 3.09. The predicted molar refractivity (Wildman–Crippen MR) is 111 cm³/mol. The standard InChI is InChI=1S/C18H22F2N4OS.2ClH/c19-14-2-1-12(9-15(14)20)10-24-7-4-13(5-8-24)22-18(25)16-11-26-17(23-16)3-6-21;;/h1-2,9,11,13H,3-8,10,21H2,(H,22,25);2*1H. The van der Waals surface area contributed by atoms with Gasteiger partial charge in [-0.05, 0) is 37.1 Å². The van der Waals surface area contributed by atoms with E-state index < -0.39 is 11.6 Å². The maximum Gasteiger partial charge on any atom is 0.270 e. The third-order valence-electron chi connectivity index (χ3n) is 4.46. The van der Waals surface area contributed by atoms with Crippen LogP contribution in [0.4, 0.5) is 8.78 Å². The van der Waals surface area contributed by atoms with Crippen LogP contribution in [0.15, 0.2) is 23.6 Å². The van der Waals surface area contributed by atoms with Gasteiger partial charge in [0.2, 0.25) is 0 Å². The van der Waals surface area contributed by atoms with E-state index in [1.54, 1.807) is 11.4 Å². The summed E-state index contributed by atoms with van der Waals surface area (Å²) in [6, 6.07) is 4.10. The lowest BCUT2D eigenvalue weighted by Gasteiger charge is -2.32. The molecule has 0 spiro atoms. The Bertz CT molecular complexity index is 770. The van der Waals surface area contributed by atoms with Crippen LogP contribution in [0.3, 0.4) is 0 Å². The molecular formula is C18H24Cl2F2N4OS. The van der Waals surface area contributed by atoms with E-state index in [0.29, 0.717) is 25.2 Å². The molecule has 1 aliphatic rings. The minimum Gasteiger partial charge on any atom is -0.348 e. The normalized spacial score (nSPS) is 14.8. The summed E-state index contributed by atoms with van der Waals surface area (Å²) in [4.78, 5) is 18.8. The molecule has 10 heteroatoms. The highest BCUT2D eigenvalue weighted by molar-refractivity contribution is 7.09. The van der Waals surface area contributed by atoms with Crippen LogP contribution in [-0.2, 0) is 13.0 Å². The van der Waals surface area contributed by atoms with Crippen molar-refractivity contribution >= 4 is 42.1 Å². The fourth-order valence-electron chi connectivity index (χ4n) is 3.04. The van der Waals surface area contributed by atoms with E-state index in [-0.39, 0.29) is 36.8 Å². The van der Waals surface area contributed by atoms with Crippen LogP contribution in [0.1, 0.15) is 33.9 Å². The SMILES string of the molecule is Cl.Cl.NCCc1nc(C(=O)NC2CCN(Cc3ccc(F)c(F)c3)CC2)cs1. The lowest BCUT2D eigenvalue weighted by Crippen LogP contribution is -2.44. The smallest absolute Gasteiger partial charge is 0.270 e. The molecule has 0 atom stereocenters. The third kappa shape index (κ3) is 6.63. The van der Waals surface area contributed by atoms with Crippen molar-refractivity contribution in [3.8, 4) is 0 Å². The zero-order valence-electron chi connectivity index (χ0n) is 15.2. The Hall–Kier alpha value is -1.32. The maximum absolute atomic E-state index is 13.3. The Morgan fingerprint density at radius 1 is 1.25 bits per heavy atom. The number of nitrogens with one attached hydrogen (secondary N) is 1. The van der Waals surface area contributed by atoms with E-state index in [1.165, 1.54) is 17.4 Å². The maximum atomic E-state index is 13.3. The highest BCUT2D eigenvalue weighted by Gasteiger charge is 2.22. The second-order valence-electron chi connectivity index (χ2n) is 6.44. The van der Waals surface area contributed by atoms with Crippen LogP contribution in [0.2, 0.25) is 0 Å². The topological polar surface area (TPSA) is 71.2 Å². The minimum absolute atomic E-state index is 0. The van der Waals surface area contributed by atoms with E-state index in [1.807, 2.05) is 0 Å². The Balaban J connectivity index is 0.00000196. The van der Waals surface area contributed by atoms with Crippen LogP contribution in [0, 0.1) is 11.6 Å². The Labute approximate surface area is 179 Å². The van der Waals surface area contributed by atoms with Crippen LogP contribution >= 0.6 is 36.2 Å². The van der Waals surface area contributed by atoms with Crippen LogP contribution in [0.5, 0.6) is 0 Å². The van der Waals surface area contributed by atoms with Gasteiger partial charge in [0.25, 0.3) is 5.91 Å². The number of carbonyl (C=O) groups excluding carboxylic acids is 1. The molecule has 1 amide bonds. The quantitative estimate of drug-likeness (QED) is 0.705. The summed E-state index contributed by atoms with van der Waals surface area (Å²) >= 11 is 1.45. The number of halogens is 4. The first-order valence-corrected chi connectivity index (χ1v) is 9.54. The van der Waals surface area contributed by atoms with Gasteiger partial charge in [-0.2, -0.15) is 0 Å². The van der Waals surface area contributed by atoms with Gasteiger partial charge in [-0.25, -0.2) is 13.8 Å². The van der Waals surface area contributed by atoms with Crippen LogP contribution < -0.4 is 11.1 Å². The zero-order chi connectivity index (χ0) is 18.5. The number of nitrogens with two attached hydrogens (primary N) is 1. The number of carbonyl (C=O) groups is 1. The Morgan fingerprint density at radius 3 is 2.61 bits per heavy atom. The second kappa shape index (κ2) is 11.6. The van der Waals surface area contributed by atoms with Crippen molar-refractivity contribution in [3.63, 3.8) is 0 Å². The van der Waals surface area contributed by atoms with Gasteiger partial charge in [-0.3, -0.25) is 9.69 Å². The molecule has 1 saturated heterocycles. The van der Waals surface area contributed by atoms with Crippen molar-refractivity contribution in [2.24, 2.45) is 5.73 Å². The van der Waals surface area contributed by atoms with Gasteiger partial charge in [-0.15, -0.1) is 36.2 Å². The van der Waals surface area contributed by atoms with E-state index in [9.17, 15) is 13.6 Å². The number of thiazole rings is 1.